The van der Waals surface area contributed by atoms with Gasteiger partial charge in [-0.15, -0.1) is 11.3 Å². The Bertz CT molecular complexity index is 983. The molecular formula is C18H16ClNO3S2. The Hall–Kier alpha value is -1.89. The SMILES string of the molecule is COc1ccccc1-c1nc(CS(=O)(=O)Cc2cccc(Cl)c2)cs1. The third-order valence-electron chi connectivity index (χ3n) is 3.53. The van der Waals surface area contributed by atoms with Crippen molar-refractivity contribution in [1.82, 2.24) is 4.98 Å². The van der Waals surface area contributed by atoms with Gasteiger partial charge in [-0.25, -0.2) is 13.4 Å². The second kappa shape index (κ2) is 7.56. The zero-order valence-corrected chi connectivity index (χ0v) is 15.9. The molecule has 0 saturated carbocycles. The highest BCUT2D eigenvalue weighted by Gasteiger charge is 2.17. The summed E-state index contributed by atoms with van der Waals surface area (Å²) < 4.78 is 30.2. The van der Waals surface area contributed by atoms with Crippen LogP contribution in [-0.4, -0.2) is 20.5 Å². The summed E-state index contributed by atoms with van der Waals surface area (Å²) in [4.78, 5) is 4.47. The molecule has 3 rings (SSSR count). The van der Waals surface area contributed by atoms with Crippen molar-refractivity contribution in [3.8, 4) is 16.3 Å². The van der Waals surface area contributed by atoms with E-state index in [1.807, 2.05) is 24.3 Å². The number of rotatable bonds is 6. The van der Waals surface area contributed by atoms with Crippen molar-refractivity contribution in [3.63, 3.8) is 0 Å². The Labute approximate surface area is 156 Å². The number of benzene rings is 2. The summed E-state index contributed by atoms with van der Waals surface area (Å²) in [6.07, 6.45) is 0. The number of methoxy groups -OCH3 is 1. The van der Waals surface area contributed by atoms with Gasteiger partial charge in [0.25, 0.3) is 0 Å². The van der Waals surface area contributed by atoms with Crippen LogP contribution in [0.3, 0.4) is 0 Å². The lowest BCUT2D eigenvalue weighted by Gasteiger charge is -2.05. The average molecular weight is 394 g/mol. The van der Waals surface area contributed by atoms with Gasteiger partial charge in [-0.1, -0.05) is 35.9 Å². The lowest BCUT2D eigenvalue weighted by molar-refractivity contribution is 0.416. The third-order valence-corrected chi connectivity index (χ3v) is 6.20. The van der Waals surface area contributed by atoms with E-state index >= 15 is 0 Å². The van der Waals surface area contributed by atoms with E-state index in [1.165, 1.54) is 11.3 Å². The lowest BCUT2D eigenvalue weighted by atomic mass is 10.2. The van der Waals surface area contributed by atoms with Crippen molar-refractivity contribution in [1.29, 1.82) is 0 Å². The third kappa shape index (κ3) is 4.60. The molecule has 0 atom stereocenters. The summed E-state index contributed by atoms with van der Waals surface area (Å²) in [6.45, 7) is 0. The summed E-state index contributed by atoms with van der Waals surface area (Å²) in [7, 11) is -1.73. The fraction of sp³-hybridized carbons (Fsp3) is 0.167. The molecule has 0 aliphatic heterocycles. The minimum absolute atomic E-state index is 0.0604. The van der Waals surface area contributed by atoms with Crippen LogP contribution in [0, 0.1) is 0 Å². The van der Waals surface area contributed by atoms with Crippen molar-refractivity contribution >= 4 is 32.8 Å². The molecule has 130 valence electrons. The van der Waals surface area contributed by atoms with Gasteiger partial charge in [-0.3, -0.25) is 0 Å². The first kappa shape index (κ1) is 17.9. The van der Waals surface area contributed by atoms with Crippen molar-refractivity contribution in [2.45, 2.75) is 11.5 Å². The molecule has 0 spiro atoms. The Morgan fingerprint density at radius 2 is 1.92 bits per heavy atom. The lowest BCUT2D eigenvalue weighted by Crippen LogP contribution is -2.08. The zero-order valence-electron chi connectivity index (χ0n) is 13.5. The predicted octanol–water partition coefficient (Wildman–Crippen LogP) is 4.59. The molecule has 0 aliphatic carbocycles. The number of para-hydroxylation sites is 1. The fourth-order valence-electron chi connectivity index (χ4n) is 2.48. The minimum Gasteiger partial charge on any atom is -0.496 e. The van der Waals surface area contributed by atoms with Crippen LogP contribution >= 0.6 is 22.9 Å². The highest BCUT2D eigenvalue weighted by atomic mass is 35.5. The van der Waals surface area contributed by atoms with Gasteiger partial charge in [0.05, 0.1) is 29.9 Å². The Morgan fingerprint density at radius 1 is 1.12 bits per heavy atom. The smallest absolute Gasteiger partial charge is 0.160 e. The van der Waals surface area contributed by atoms with E-state index in [9.17, 15) is 8.42 Å². The number of ether oxygens (including phenoxy) is 1. The van der Waals surface area contributed by atoms with Gasteiger partial charge in [0.1, 0.15) is 10.8 Å². The molecule has 1 aromatic heterocycles. The number of hydrogen-bond donors (Lipinski definition) is 0. The van der Waals surface area contributed by atoms with Crippen LogP contribution in [0.15, 0.2) is 53.9 Å². The Kier molecular flexibility index (Phi) is 5.42. The Morgan fingerprint density at radius 3 is 2.68 bits per heavy atom. The van der Waals surface area contributed by atoms with Crippen LogP contribution in [0.2, 0.25) is 5.02 Å². The van der Waals surface area contributed by atoms with Gasteiger partial charge in [-0.05, 0) is 29.8 Å². The van der Waals surface area contributed by atoms with Gasteiger partial charge >= 0.3 is 0 Å². The van der Waals surface area contributed by atoms with Gasteiger partial charge in [0.15, 0.2) is 9.84 Å². The van der Waals surface area contributed by atoms with Crippen molar-refractivity contribution in [3.05, 3.63) is 70.2 Å². The maximum atomic E-state index is 12.4. The van der Waals surface area contributed by atoms with Gasteiger partial charge in [0, 0.05) is 10.4 Å². The number of thiazole rings is 1. The second-order valence-corrected chi connectivity index (χ2v) is 8.87. The highest BCUT2D eigenvalue weighted by Crippen LogP contribution is 2.32. The molecule has 0 aliphatic rings. The number of halogens is 1. The van der Waals surface area contributed by atoms with E-state index in [0.29, 0.717) is 22.0 Å². The molecule has 7 heteroatoms. The standard InChI is InChI=1S/C18H16ClNO3S2/c1-23-17-8-3-2-7-16(17)18-20-15(10-24-18)12-25(21,22)11-13-5-4-6-14(19)9-13/h2-10H,11-12H2,1H3. The quantitative estimate of drug-likeness (QED) is 0.614. The van der Waals surface area contributed by atoms with E-state index in [-0.39, 0.29) is 11.5 Å². The largest absolute Gasteiger partial charge is 0.496 e. The van der Waals surface area contributed by atoms with E-state index < -0.39 is 9.84 Å². The molecule has 0 unspecified atom stereocenters. The monoisotopic (exact) mass is 393 g/mol. The molecule has 25 heavy (non-hydrogen) atoms. The van der Waals surface area contributed by atoms with Crippen LogP contribution in [0.1, 0.15) is 11.3 Å². The molecule has 0 amide bonds. The minimum atomic E-state index is -3.33. The van der Waals surface area contributed by atoms with Gasteiger partial charge in [-0.2, -0.15) is 0 Å². The first-order chi connectivity index (χ1) is 12.0. The van der Waals surface area contributed by atoms with Gasteiger partial charge < -0.3 is 4.74 Å². The zero-order chi connectivity index (χ0) is 17.9. The molecule has 0 saturated heterocycles. The molecule has 4 nitrogen and oxygen atoms in total. The van der Waals surface area contributed by atoms with E-state index in [2.05, 4.69) is 4.98 Å². The maximum Gasteiger partial charge on any atom is 0.160 e. The van der Waals surface area contributed by atoms with Crippen LogP contribution in [0.5, 0.6) is 5.75 Å². The summed E-state index contributed by atoms with van der Waals surface area (Å²) in [6, 6.07) is 14.4. The molecule has 0 bridgehead atoms. The first-order valence-electron chi connectivity index (χ1n) is 7.49. The van der Waals surface area contributed by atoms with Crippen LogP contribution in [-0.2, 0) is 21.3 Å². The summed E-state index contributed by atoms with van der Waals surface area (Å²) in [5, 5.41) is 3.04. The highest BCUT2D eigenvalue weighted by molar-refractivity contribution is 7.89. The van der Waals surface area contributed by atoms with E-state index in [0.717, 1.165) is 10.6 Å². The molecule has 0 fully saturated rings. The average Bonchev–Trinajstić information content (AvgIpc) is 3.01. The molecule has 1 heterocycles. The van der Waals surface area contributed by atoms with E-state index in [1.54, 1.807) is 36.8 Å². The van der Waals surface area contributed by atoms with Crippen LogP contribution < -0.4 is 4.74 Å². The van der Waals surface area contributed by atoms with Crippen molar-refractivity contribution in [2.75, 3.05) is 7.11 Å². The van der Waals surface area contributed by atoms with Crippen molar-refractivity contribution < 1.29 is 13.2 Å². The molecule has 2 aromatic carbocycles. The first-order valence-corrected chi connectivity index (χ1v) is 10.6. The molecule has 0 radical (unpaired) electrons. The fourth-order valence-corrected chi connectivity index (χ4v) is 5.03. The normalized spacial score (nSPS) is 11.4. The number of nitrogens with zero attached hydrogens (tertiary/aromatic N) is 1. The topological polar surface area (TPSA) is 56.3 Å². The second-order valence-electron chi connectivity index (χ2n) is 5.51. The number of aromatic nitrogens is 1. The van der Waals surface area contributed by atoms with Crippen LogP contribution in [0.25, 0.3) is 10.6 Å². The molecule has 3 aromatic rings. The summed E-state index contributed by atoms with van der Waals surface area (Å²) in [5.41, 5.74) is 2.06. The summed E-state index contributed by atoms with van der Waals surface area (Å²) >= 11 is 7.32. The molecular weight excluding hydrogens is 378 g/mol. The van der Waals surface area contributed by atoms with Crippen molar-refractivity contribution in [2.24, 2.45) is 0 Å². The summed E-state index contributed by atoms with van der Waals surface area (Å²) in [5.74, 6) is 0.547. The number of sulfone groups is 1. The maximum absolute atomic E-state index is 12.4. The number of hydrogen-bond acceptors (Lipinski definition) is 5. The van der Waals surface area contributed by atoms with Gasteiger partial charge in [0.2, 0.25) is 0 Å². The Balaban J connectivity index is 1.78. The predicted molar refractivity (Wildman–Crippen MR) is 102 cm³/mol. The van der Waals surface area contributed by atoms with Crippen LogP contribution in [0.4, 0.5) is 0 Å². The molecule has 0 N–H and O–H groups in total. The van der Waals surface area contributed by atoms with E-state index in [4.69, 9.17) is 16.3 Å².